The third kappa shape index (κ3) is 0.743. The van der Waals surface area contributed by atoms with Gasteiger partial charge in [0.15, 0.2) is 0 Å². The highest BCUT2D eigenvalue weighted by Crippen LogP contribution is 2.15. The fraction of sp³-hybridized carbons (Fsp3) is 0.571. The highest BCUT2D eigenvalue weighted by Gasteiger charge is 2.15. The molecule has 1 N–H and O–H groups in total. The van der Waals surface area contributed by atoms with Crippen LogP contribution in [0.2, 0.25) is 0 Å². The van der Waals surface area contributed by atoms with Crippen molar-refractivity contribution < 1.29 is 4.52 Å². The van der Waals surface area contributed by atoms with E-state index < -0.39 is 0 Å². The van der Waals surface area contributed by atoms with Crippen molar-refractivity contribution in [1.29, 1.82) is 0 Å². The number of aromatic nitrogens is 1. The van der Waals surface area contributed by atoms with Gasteiger partial charge in [-0.3, -0.25) is 0 Å². The van der Waals surface area contributed by atoms with Crippen molar-refractivity contribution in [2.75, 3.05) is 6.54 Å². The quantitative estimate of drug-likeness (QED) is 0.571. The van der Waals surface area contributed by atoms with Crippen molar-refractivity contribution >= 4 is 0 Å². The van der Waals surface area contributed by atoms with E-state index in [1.165, 1.54) is 5.56 Å². The van der Waals surface area contributed by atoms with Crippen LogP contribution in [0.15, 0.2) is 4.52 Å². The van der Waals surface area contributed by atoms with E-state index in [9.17, 15) is 0 Å². The number of nitrogens with one attached hydrogen (secondary N) is 1. The monoisotopic (exact) mass is 138 g/mol. The largest absolute Gasteiger partial charge is 0.361 e. The minimum absolute atomic E-state index is 0.868. The lowest BCUT2D eigenvalue weighted by molar-refractivity contribution is 0.389. The predicted octanol–water partition coefficient (Wildman–Crippen LogP) is 0.629. The Hall–Kier alpha value is -0.830. The van der Waals surface area contributed by atoms with Gasteiger partial charge in [-0.25, -0.2) is 0 Å². The minimum Gasteiger partial charge on any atom is -0.361 e. The average Bonchev–Trinajstić information content (AvgIpc) is 2.34. The van der Waals surface area contributed by atoms with Crippen molar-refractivity contribution in [2.45, 2.75) is 19.9 Å². The van der Waals surface area contributed by atoms with E-state index in [-0.39, 0.29) is 0 Å². The van der Waals surface area contributed by atoms with E-state index in [1.54, 1.807) is 0 Å². The molecule has 1 aliphatic rings. The first-order valence-corrected chi connectivity index (χ1v) is 3.52. The van der Waals surface area contributed by atoms with E-state index in [0.717, 1.165) is 31.0 Å². The number of aryl methyl sites for hydroxylation is 1. The zero-order valence-corrected chi connectivity index (χ0v) is 5.98. The second-order valence-electron chi connectivity index (χ2n) is 2.59. The molecule has 0 spiro atoms. The van der Waals surface area contributed by atoms with Crippen molar-refractivity contribution in [2.24, 2.45) is 0 Å². The van der Waals surface area contributed by atoms with Gasteiger partial charge in [0.2, 0.25) is 0 Å². The standard InChI is InChI=1S/C7H10N2O/c1-5-6-2-3-8-4-7(6)9-10-5/h8H,2-4H2,1H3. The Kier molecular flexibility index (Phi) is 1.24. The number of nitrogens with zero attached hydrogens (tertiary/aromatic N) is 1. The van der Waals surface area contributed by atoms with Crippen LogP contribution in [0, 0.1) is 6.92 Å². The first-order chi connectivity index (χ1) is 4.88. The van der Waals surface area contributed by atoms with E-state index in [1.807, 2.05) is 6.92 Å². The molecule has 54 valence electrons. The van der Waals surface area contributed by atoms with Gasteiger partial charge in [-0.15, -0.1) is 0 Å². The van der Waals surface area contributed by atoms with E-state index in [0.29, 0.717) is 0 Å². The van der Waals surface area contributed by atoms with Crippen LogP contribution in [0.4, 0.5) is 0 Å². The molecule has 0 saturated carbocycles. The van der Waals surface area contributed by atoms with Crippen molar-refractivity contribution in [3.63, 3.8) is 0 Å². The number of hydrogen-bond acceptors (Lipinski definition) is 3. The molecule has 0 atom stereocenters. The van der Waals surface area contributed by atoms with Crippen LogP contribution in [-0.4, -0.2) is 11.7 Å². The number of rotatable bonds is 0. The summed E-state index contributed by atoms with van der Waals surface area (Å²) in [6.45, 7) is 3.89. The second kappa shape index (κ2) is 2.09. The molecule has 0 radical (unpaired) electrons. The third-order valence-electron chi connectivity index (χ3n) is 1.91. The van der Waals surface area contributed by atoms with Gasteiger partial charge < -0.3 is 9.84 Å². The Morgan fingerprint density at radius 3 is 3.30 bits per heavy atom. The van der Waals surface area contributed by atoms with Crippen LogP contribution < -0.4 is 5.32 Å². The molecule has 0 aromatic carbocycles. The van der Waals surface area contributed by atoms with Crippen LogP contribution in [0.25, 0.3) is 0 Å². The first kappa shape index (κ1) is 5.92. The average molecular weight is 138 g/mol. The molecule has 1 aromatic heterocycles. The Morgan fingerprint density at radius 2 is 2.50 bits per heavy atom. The van der Waals surface area contributed by atoms with Gasteiger partial charge in [-0.1, -0.05) is 5.16 Å². The Bertz CT molecular complexity index is 242. The molecule has 2 heterocycles. The van der Waals surface area contributed by atoms with Gasteiger partial charge in [-0.2, -0.15) is 0 Å². The van der Waals surface area contributed by atoms with Crippen LogP contribution in [0.3, 0.4) is 0 Å². The highest BCUT2D eigenvalue weighted by molar-refractivity contribution is 5.24. The van der Waals surface area contributed by atoms with Gasteiger partial charge in [0, 0.05) is 12.1 Å². The lowest BCUT2D eigenvalue weighted by Gasteiger charge is -2.09. The molecule has 1 aliphatic heterocycles. The molecular formula is C7H10N2O. The second-order valence-corrected chi connectivity index (χ2v) is 2.59. The van der Waals surface area contributed by atoms with Crippen molar-refractivity contribution in [3.8, 4) is 0 Å². The topological polar surface area (TPSA) is 38.1 Å². The van der Waals surface area contributed by atoms with Gasteiger partial charge in [0.1, 0.15) is 11.5 Å². The zero-order valence-electron chi connectivity index (χ0n) is 5.98. The SMILES string of the molecule is Cc1onc2c1CCNC2. The lowest BCUT2D eigenvalue weighted by atomic mass is 10.1. The Balaban J connectivity index is 2.45. The van der Waals surface area contributed by atoms with E-state index in [2.05, 4.69) is 10.5 Å². The normalized spacial score (nSPS) is 16.9. The van der Waals surface area contributed by atoms with Crippen LogP contribution >= 0.6 is 0 Å². The van der Waals surface area contributed by atoms with Crippen LogP contribution in [0.5, 0.6) is 0 Å². The van der Waals surface area contributed by atoms with Crippen molar-refractivity contribution in [3.05, 3.63) is 17.0 Å². The fourth-order valence-electron chi connectivity index (χ4n) is 1.32. The number of hydrogen-bond donors (Lipinski definition) is 1. The van der Waals surface area contributed by atoms with Crippen LogP contribution in [-0.2, 0) is 13.0 Å². The maximum Gasteiger partial charge on any atom is 0.137 e. The maximum atomic E-state index is 5.03. The summed E-state index contributed by atoms with van der Waals surface area (Å²) in [5.74, 6) is 0.983. The van der Waals surface area contributed by atoms with Gasteiger partial charge in [0.05, 0.1) is 0 Å². The summed E-state index contributed by atoms with van der Waals surface area (Å²) in [5, 5.41) is 7.15. The Labute approximate surface area is 59.4 Å². The lowest BCUT2D eigenvalue weighted by Crippen LogP contribution is -2.23. The summed E-state index contributed by atoms with van der Waals surface area (Å²) in [5.41, 5.74) is 2.39. The van der Waals surface area contributed by atoms with E-state index >= 15 is 0 Å². The molecule has 0 fully saturated rings. The molecule has 0 unspecified atom stereocenters. The molecule has 1 aromatic rings. The molecule has 3 nitrogen and oxygen atoms in total. The summed E-state index contributed by atoms with van der Waals surface area (Å²) in [4.78, 5) is 0. The molecular weight excluding hydrogens is 128 g/mol. The van der Waals surface area contributed by atoms with E-state index in [4.69, 9.17) is 4.52 Å². The Morgan fingerprint density at radius 1 is 1.60 bits per heavy atom. The molecule has 3 heteroatoms. The molecule has 0 saturated heterocycles. The minimum atomic E-state index is 0.868. The molecule has 10 heavy (non-hydrogen) atoms. The first-order valence-electron chi connectivity index (χ1n) is 3.52. The van der Waals surface area contributed by atoms with Gasteiger partial charge in [0.25, 0.3) is 0 Å². The number of fused-ring (bicyclic) bond motifs is 1. The van der Waals surface area contributed by atoms with Crippen molar-refractivity contribution in [1.82, 2.24) is 10.5 Å². The molecule has 0 bridgehead atoms. The van der Waals surface area contributed by atoms with Crippen LogP contribution in [0.1, 0.15) is 17.0 Å². The molecule has 0 amide bonds. The predicted molar refractivity (Wildman–Crippen MR) is 36.7 cm³/mol. The summed E-state index contributed by atoms with van der Waals surface area (Å²) in [6.07, 6.45) is 1.06. The van der Waals surface area contributed by atoms with Gasteiger partial charge >= 0.3 is 0 Å². The smallest absolute Gasteiger partial charge is 0.137 e. The maximum absolute atomic E-state index is 5.03. The zero-order chi connectivity index (χ0) is 6.97. The highest BCUT2D eigenvalue weighted by atomic mass is 16.5. The summed E-state index contributed by atoms with van der Waals surface area (Å²) in [7, 11) is 0. The fourth-order valence-corrected chi connectivity index (χ4v) is 1.32. The summed E-state index contributed by atoms with van der Waals surface area (Å²) < 4.78 is 5.03. The summed E-state index contributed by atoms with van der Waals surface area (Å²) in [6, 6.07) is 0. The van der Waals surface area contributed by atoms with Gasteiger partial charge in [-0.05, 0) is 19.9 Å². The molecule has 2 rings (SSSR count). The summed E-state index contributed by atoms with van der Waals surface area (Å²) >= 11 is 0. The third-order valence-corrected chi connectivity index (χ3v) is 1.91. The molecule has 0 aliphatic carbocycles.